The molecule has 0 spiro atoms. The molecule has 0 radical (unpaired) electrons. The molecule has 1 N–H and O–H groups in total. The fourth-order valence-corrected chi connectivity index (χ4v) is 2.85. The molecule has 0 aliphatic rings. The highest BCUT2D eigenvalue weighted by atomic mass is 79.9. The van der Waals surface area contributed by atoms with Gasteiger partial charge >= 0.3 is 0 Å². The van der Waals surface area contributed by atoms with E-state index in [1.807, 2.05) is 0 Å². The van der Waals surface area contributed by atoms with Crippen molar-refractivity contribution in [2.75, 3.05) is 19.6 Å². The second kappa shape index (κ2) is 8.72. The fraction of sp³-hybridized carbons (Fsp3) is 0.625. The fourth-order valence-electron chi connectivity index (χ4n) is 2.43. The number of rotatable bonds is 8. The van der Waals surface area contributed by atoms with Crippen molar-refractivity contribution >= 4 is 15.9 Å². The molecule has 0 saturated heterocycles. The first-order chi connectivity index (χ1) is 9.08. The van der Waals surface area contributed by atoms with E-state index in [9.17, 15) is 0 Å². The molecule has 1 rings (SSSR count). The van der Waals surface area contributed by atoms with Crippen molar-refractivity contribution in [2.24, 2.45) is 0 Å². The molecule has 1 aromatic rings. The summed E-state index contributed by atoms with van der Waals surface area (Å²) < 4.78 is 1.16. The Balaban J connectivity index is 2.67. The number of hydrogen-bond donors (Lipinski definition) is 1. The van der Waals surface area contributed by atoms with Gasteiger partial charge in [-0.15, -0.1) is 0 Å². The zero-order valence-corrected chi connectivity index (χ0v) is 14.2. The summed E-state index contributed by atoms with van der Waals surface area (Å²) in [5, 5.41) is 3.60. The van der Waals surface area contributed by atoms with E-state index in [1.54, 1.807) is 0 Å². The van der Waals surface area contributed by atoms with E-state index < -0.39 is 0 Å². The lowest BCUT2D eigenvalue weighted by Crippen LogP contribution is -2.34. The predicted molar refractivity (Wildman–Crippen MR) is 87.6 cm³/mol. The molecule has 0 fully saturated rings. The largest absolute Gasteiger partial charge is 0.310 e. The lowest BCUT2D eigenvalue weighted by molar-refractivity contribution is 0.220. The van der Waals surface area contributed by atoms with E-state index in [0.29, 0.717) is 12.1 Å². The third-order valence-electron chi connectivity index (χ3n) is 3.54. The van der Waals surface area contributed by atoms with Gasteiger partial charge in [-0.25, -0.2) is 0 Å². The second-order valence-electron chi connectivity index (χ2n) is 5.18. The summed E-state index contributed by atoms with van der Waals surface area (Å²) in [5.74, 6) is 0. The van der Waals surface area contributed by atoms with Gasteiger partial charge in [0.05, 0.1) is 0 Å². The summed E-state index contributed by atoms with van der Waals surface area (Å²) in [6.45, 7) is 12.2. The van der Waals surface area contributed by atoms with Gasteiger partial charge in [0.2, 0.25) is 0 Å². The summed E-state index contributed by atoms with van der Waals surface area (Å²) in [7, 11) is 0. The van der Waals surface area contributed by atoms with Crippen LogP contribution in [0.25, 0.3) is 0 Å². The van der Waals surface area contributed by atoms with E-state index in [1.165, 1.54) is 5.56 Å². The Kier molecular flexibility index (Phi) is 7.66. The molecule has 0 bridgehead atoms. The zero-order valence-electron chi connectivity index (χ0n) is 12.6. The molecule has 1 unspecified atom stereocenters. The normalized spacial score (nSPS) is 13.2. The van der Waals surface area contributed by atoms with Gasteiger partial charge in [-0.05, 0) is 51.1 Å². The highest BCUT2D eigenvalue weighted by molar-refractivity contribution is 9.10. The molecule has 19 heavy (non-hydrogen) atoms. The Hall–Kier alpha value is -0.380. The molecule has 1 aromatic carbocycles. The minimum absolute atomic E-state index is 0.440. The van der Waals surface area contributed by atoms with Crippen LogP contribution in [-0.2, 0) is 0 Å². The van der Waals surface area contributed by atoms with E-state index in [2.05, 4.69) is 78.1 Å². The van der Waals surface area contributed by atoms with Crippen LogP contribution in [-0.4, -0.2) is 30.6 Å². The third-order valence-corrected chi connectivity index (χ3v) is 4.04. The van der Waals surface area contributed by atoms with Gasteiger partial charge in [0.15, 0.2) is 0 Å². The van der Waals surface area contributed by atoms with Gasteiger partial charge in [0.1, 0.15) is 0 Å². The monoisotopic (exact) mass is 326 g/mol. The van der Waals surface area contributed by atoms with Crippen LogP contribution in [0, 0.1) is 0 Å². The van der Waals surface area contributed by atoms with E-state index >= 15 is 0 Å². The number of hydrogen-bond acceptors (Lipinski definition) is 2. The van der Waals surface area contributed by atoms with Crippen LogP contribution in [0.3, 0.4) is 0 Å². The summed E-state index contributed by atoms with van der Waals surface area (Å²) >= 11 is 3.56. The summed E-state index contributed by atoms with van der Waals surface area (Å²) in [4.78, 5) is 2.52. The van der Waals surface area contributed by atoms with Crippen LogP contribution in [0.5, 0.6) is 0 Å². The SMILES string of the molecule is CCNC(CCN(CC)C(C)C)c1cccc(Br)c1. The first-order valence-electron chi connectivity index (χ1n) is 7.31. The first-order valence-corrected chi connectivity index (χ1v) is 8.10. The van der Waals surface area contributed by atoms with Gasteiger partial charge in [-0.2, -0.15) is 0 Å². The summed E-state index contributed by atoms with van der Waals surface area (Å²) in [6.07, 6.45) is 1.15. The van der Waals surface area contributed by atoms with Crippen LogP contribution in [0.1, 0.15) is 45.7 Å². The van der Waals surface area contributed by atoms with Gasteiger partial charge in [-0.3, -0.25) is 0 Å². The molecule has 1 atom stereocenters. The summed E-state index contributed by atoms with van der Waals surface area (Å²) in [5.41, 5.74) is 1.37. The van der Waals surface area contributed by atoms with Gasteiger partial charge in [0, 0.05) is 23.1 Å². The van der Waals surface area contributed by atoms with Crippen molar-refractivity contribution in [3.05, 3.63) is 34.3 Å². The average Bonchev–Trinajstić information content (AvgIpc) is 2.37. The van der Waals surface area contributed by atoms with Gasteiger partial charge in [0.25, 0.3) is 0 Å². The van der Waals surface area contributed by atoms with Crippen LogP contribution >= 0.6 is 15.9 Å². The quantitative estimate of drug-likeness (QED) is 0.769. The maximum atomic E-state index is 3.60. The Morgan fingerprint density at radius 1 is 1.26 bits per heavy atom. The van der Waals surface area contributed by atoms with E-state index in [0.717, 1.165) is 30.5 Å². The van der Waals surface area contributed by atoms with Crippen molar-refractivity contribution < 1.29 is 0 Å². The van der Waals surface area contributed by atoms with Crippen molar-refractivity contribution in [1.82, 2.24) is 10.2 Å². The highest BCUT2D eigenvalue weighted by Gasteiger charge is 2.14. The number of halogens is 1. The molecule has 0 aromatic heterocycles. The maximum Gasteiger partial charge on any atom is 0.0332 e. The zero-order chi connectivity index (χ0) is 14.3. The molecule has 0 aliphatic carbocycles. The minimum atomic E-state index is 0.440. The smallest absolute Gasteiger partial charge is 0.0332 e. The van der Waals surface area contributed by atoms with Crippen LogP contribution < -0.4 is 5.32 Å². The average molecular weight is 327 g/mol. The van der Waals surface area contributed by atoms with Crippen LogP contribution in [0.15, 0.2) is 28.7 Å². The van der Waals surface area contributed by atoms with Gasteiger partial charge in [-0.1, -0.05) is 41.9 Å². The van der Waals surface area contributed by atoms with Crippen LogP contribution in [0.2, 0.25) is 0 Å². The number of benzene rings is 1. The molecular formula is C16H27BrN2. The molecule has 0 amide bonds. The molecule has 3 heteroatoms. The highest BCUT2D eigenvalue weighted by Crippen LogP contribution is 2.21. The molecule has 108 valence electrons. The Morgan fingerprint density at radius 3 is 2.53 bits per heavy atom. The lowest BCUT2D eigenvalue weighted by Gasteiger charge is -2.27. The standard InChI is InChI=1S/C16H27BrN2/c1-5-18-16(10-11-19(6-2)13(3)4)14-8-7-9-15(17)12-14/h7-9,12-13,16,18H,5-6,10-11H2,1-4H3. The Morgan fingerprint density at radius 2 is 2.00 bits per heavy atom. The van der Waals surface area contributed by atoms with Crippen molar-refractivity contribution in [2.45, 2.75) is 46.2 Å². The summed E-state index contributed by atoms with van der Waals surface area (Å²) in [6, 6.07) is 9.69. The van der Waals surface area contributed by atoms with Gasteiger partial charge < -0.3 is 10.2 Å². The topological polar surface area (TPSA) is 15.3 Å². The van der Waals surface area contributed by atoms with Crippen molar-refractivity contribution in [3.8, 4) is 0 Å². The lowest BCUT2D eigenvalue weighted by atomic mass is 10.0. The minimum Gasteiger partial charge on any atom is -0.310 e. The maximum absolute atomic E-state index is 3.60. The van der Waals surface area contributed by atoms with Crippen LogP contribution in [0.4, 0.5) is 0 Å². The number of nitrogens with zero attached hydrogens (tertiary/aromatic N) is 1. The second-order valence-corrected chi connectivity index (χ2v) is 6.09. The molecule has 0 aliphatic heterocycles. The van der Waals surface area contributed by atoms with Crippen molar-refractivity contribution in [1.29, 1.82) is 0 Å². The van der Waals surface area contributed by atoms with E-state index in [-0.39, 0.29) is 0 Å². The molecule has 2 nitrogen and oxygen atoms in total. The Labute approximate surface area is 126 Å². The predicted octanol–water partition coefficient (Wildman–Crippen LogP) is 4.22. The first kappa shape index (κ1) is 16.7. The van der Waals surface area contributed by atoms with E-state index in [4.69, 9.17) is 0 Å². The molecule has 0 saturated carbocycles. The third kappa shape index (κ3) is 5.64. The Bertz CT molecular complexity index is 366. The molecular weight excluding hydrogens is 300 g/mol. The van der Waals surface area contributed by atoms with Crippen molar-refractivity contribution in [3.63, 3.8) is 0 Å². The number of nitrogens with one attached hydrogen (secondary N) is 1. The molecule has 0 heterocycles.